The van der Waals surface area contributed by atoms with Gasteiger partial charge in [0.2, 0.25) is 0 Å². The summed E-state index contributed by atoms with van der Waals surface area (Å²) >= 11 is 0. The maximum Gasteiger partial charge on any atom is 0.137 e. The van der Waals surface area contributed by atoms with Crippen LogP contribution in [0.2, 0.25) is 0 Å². The number of hydrogen-bond donors (Lipinski definition) is 0. The highest BCUT2D eigenvalue weighted by Gasteiger charge is 2.15. The Morgan fingerprint density at radius 2 is 0.667 bits per heavy atom. The molecule has 0 atom stereocenters. The molecule has 0 amide bonds. The van der Waals surface area contributed by atoms with Crippen LogP contribution in [0.4, 0.5) is 0 Å². The Morgan fingerprint density at radius 3 is 0.889 bits per heavy atom. The van der Waals surface area contributed by atoms with Crippen LogP contribution in [-0.4, -0.2) is 0 Å². The normalized spacial score (nSPS) is 8.89. The van der Waals surface area contributed by atoms with Gasteiger partial charge in [0.1, 0.15) is 35.4 Å². The summed E-state index contributed by atoms with van der Waals surface area (Å²) in [6.07, 6.45) is 0. The van der Waals surface area contributed by atoms with E-state index in [4.69, 9.17) is 0 Å². The second kappa shape index (κ2) is 10.3. The highest BCUT2D eigenvalue weighted by Crippen LogP contribution is 2.24. The Kier molecular flexibility index (Phi) is 6.85. The van der Waals surface area contributed by atoms with Crippen molar-refractivity contribution in [2.45, 2.75) is 0 Å². The van der Waals surface area contributed by atoms with Crippen molar-refractivity contribution >= 4 is 11.1 Å². The van der Waals surface area contributed by atoms with Gasteiger partial charge in [0.05, 0.1) is 46.5 Å². The van der Waals surface area contributed by atoms with Gasteiger partial charge in [0.25, 0.3) is 0 Å². The molecule has 0 spiro atoms. The zero-order chi connectivity index (χ0) is 26.2. The van der Waals surface area contributed by atoms with Crippen LogP contribution in [0, 0.1) is 90.6 Å². The summed E-state index contributed by atoms with van der Waals surface area (Å²) in [5.74, 6) is 0. The van der Waals surface area contributed by atoms with Crippen LogP contribution in [0.5, 0.6) is 0 Å². The van der Waals surface area contributed by atoms with Gasteiger partial charge in [0, 0.05) is 10.4 Å². The fraction of sp³-hybridized carbons (Fsp3) is 0. The highest BCUT2D eigenvalue weighted by atomic mass is 14.3. The monoisotopic (exact) mass is 456 g/mol. The molecule has 0 saturated heterocycles. The number of nitrogens with zero attached hydrogens (tertiary/aromatic N) is 8. The Balaban J connectivity index is 2.68. The molecule has 8 nitrogen and oxygen atoms in total. The molecule has 0 aromatic heterocycles. The first-order valence-electron chi connectivity index (χ1n) is 9.91. The van der Waals surface area contributed by atoms with E-state index in [0.29, 0.717) is 11.1 Å². The Bertz CT molecular complexity index is 1680. The summed E-state index contributed by atoms with van der Waals surface area (Å²) in [7, 11) is 0. The minimum absolute atomic E-state index is 0.119. The third-order valence-electron chi connectivity index (χ3n) is 5.15. The van der Waals surface area contributed by atoms with Crippen molar-refractivity contribution in [3.8, 4) is 70.8 Å². The summed E-state index contributed by atoms with van der Waals surface area (Å²) in [5, 5.41) is 76.4. The molecular weight excluding hydrogens is 448 g/mol. The summed E-state index contributed by atoms with van der Waals surface area (Å²) in [6, 6.07) is 26.5. The van der Waals surface area contributed by atoms with Gasteiger partial charge in [-0.05, 0) is 70.8 Å². The average Bonchev–Trinajstić information content (AvgIpc) is 2.93. The molecule has 0 heterocycles. The van der Waals surface area contributed by atoms with Crippen molar-refractivity contribution in [1.82, 2.24) is 0 Å². The molecule has 0 radical (unpaired) electrons. The van der Waals surface area contributed by atoms with Gasteiger partial charge in [0.15, 0.2) is 0 Å². The first-order valence-corrected chi connectivity index (χ1v) is 9.91. The lowest BCUT2D eigenvalue weighted by Gasteiger charge is -2.11. The molecule has 0 saturated carbocycles. The van der Waals surface area contributed by atoms with E-state index in [1.807, 2.05) is 48.6 Å². The Morgan fingerprint density at radius 1 is 0.389 bits per heavy atom. The van der Waals surface area contributed by atoms with E-state index in [1.165, 1.54) is 48.5 Å². The lowest BCUT2D eigenvalue weighted by atomic mass is 9.90. The van der Waals surface area contributed by atoms with Crippen LogP contribution in [0.15, 0.2) is 48.5 Å². The van der Waals surface area contributed by atoms with E-state index in [9.17, 15) is 42.1 Å². The molecule has 3 rings (SSSR count). The van der Waals surface area contributed by atoms with Gasteiger partial charge in [-0.3, -0.25) is 0 Å². The maximum absolute atomic E-state index is 9.64. The van der Waals surface area contributed by atoms with E-state index in [2.05, 4.69) is 0 Å². The van der Waals surface area contributed by atoms with Gasteiger partial charge in [-0.15, -0.1) is 0 Å². The molecule has 0 aliphatic heterocycles. The van der Waals surface area contributed by atoms with Gasteiger partial charge < -0.3 is 0 Å². The minimum Gasteiger partial charge on any atom is -0.192 e. The Labute approximate surface area is 205 Å². The van der Waals surface area contributed by atoms with Gasteiger partial charge in [-0.2, -0.15) is 42.1 Å². The third-order valence-corrected chi connectivity index (χ3v) is 5.15. The predicted octanol–water partition coefficient (Wildman–Crippen LogP) is 2.90. The number of nitriles is 8. The van der Waals surface area contributed by atoms with Gasteiger partial charge in [-0.25, -0.2) is 0 Å². The average molecular weight is 456 g/mol. The third kappa shape index (κ3) is 4.44. The van der Waals surface area contributed by atoms with Crippen LogP contribution < -0.4 is 10.4 Å². The molecule has 3 aromatic rings. The summed E-state index contributed by atoms with van der Waals surface area (Å²) in [6.45, 7) is 0. The molecular formula is C28H8N8. The molecule has 0 bridgehead atoms. The van der Waals surface area contributed by atoms with E-state index >= 15 is 0 Å². The molecule has 0 fully saturated rings. The molecule has 8 heteroatoms. The number of rotatable bonds is 2. The smallest absolute Gasteiger partial charge is 0.137 e. The predicted molar refractivity (Wildman–Crippen MR) is 125 cm³/mol. The Hall–Kier alpha value is -6.68. The van der Waals surface area contributed by atoms with Crippen LogP contribution >= 0.6 is 0 Å². The topological polar surface area (TPSA) is 190 Å². The summed E-state index contributed by atoms with van der Waals surface area (Å²) in [5.41, 5.74) is 1.12. The van der Waals surface area contributed by atoms with Crippen molar-refractivity contribution in [2.24, 2.45) is 0 Å². The standard InChI is InChI=1S/C28H8N8/c29-9-17-1-18(10-30)4-21(3-17)25-7-28(24(15-35)16-36)26(8-27(25)23(13-33)14-34)22-5-19(11-31)2-20(6-22)12-32/h1-8H. The van der Waals surface area contributed by atoms with Crippen LogP contribution in [0.1, 0.15) is 22.3 Å². The lowest BCUT2D eigenvalue weighted by Crippen LogP contribution is -2.19. The zero-order valence-electron chi connectivity index (χ0n) is 18.2. The van der Waals surface area contributed by atoms with E-state index in [0.717, 1.165) is 0 Å². The van der Waals surface area contributed by atoms with Crippen molar-refractivity contribution in [3.63, 3.8) is 0 Å². The first kappa shape index (κ1) is 24.0. The lowest BCUT2D eigenvalue weighted by molar-refractivity contribution is 1.41. The summed E-state index contributed by atoms with van der Waals surface area (Å²) in [4.78, 5) is 0. The van der Waals surface area contributed by atoms with Crippen molar-refractivity contribution in [1.29, 1.82) is 42.1 Å². The quantitative estimate of drug-likeness (QED) is 0.562. The SMILES string of the molecule is N#CC(C#N)=c1cc(-c2cc(C#N)cc(C#N)c2)c(=C(C#N)C#N)cc1-c1cc(C#N)cc(C#N)c1. The van der Waals surface area contributed by atoms with E-state index < -0.39 is 0 Å². The summed E-state index contributed by atoms with van der Waals surface area (Å²) < 4.78 is 0. The van der Waals surface area contributed by atoms with Crippen LogP contribution in [-0.2, 0) is 0 Å². The second-order valence-corrected chi connectivity index (χ2v) is 7.19. The number of hydrogen-bond acceptors (Lipinski definition) is 8. The fourth-order valence-corrected chi connectivity index (χ4v) is 3.61. The maximum atomic E-state index is 9.64. The number of benzene rings is 3. The molecule has 3 aromatic carbocycles. The first-order chi connectivity index (χ1) is 17.5. The molecule has 0 N–H and O–H groups in total. The molecule has 0 unspecified atom stereocenters. The largest absolute Gasteiger partial charge is 0.192 e. The van der Waals surface area contributed by atoms with Gasteiger partial charge in [-0.1, -0.05) is 0 Å². The van der Waals surface area contributed by atoms with Crippen molar-refractivity contribution in [2.75, 3.05) is 0 Å². The molecule has 0 aliphatic rings. The van der Waals surface area contributed by atoms with E-state index in [-0.39, 0.29) is 55.0 Å². The molecule has 0 aliphatic carbocycles. The zero-order valence-corrected chi connectivity index (χ0v) is 18.2. The van der Waals surface area contributed by atoms with Crippen molar-refractivity contribution in [3.05, 3.63) is 81.2 Å². The molecule has 36 heavy (non-hydrogen) atoms. The minimum atomic E-state index is -0.300. The van der Waals surface area contributed by atoms with Crippen LogP contribution in [0.25, 0.3) is 33.4 Å². The molecule has 160 valence electrons. The second-order valence-electron chi connectivity index (χ2n) is 7.19. The van der Waals surface area contributed by atoms with Crippen molar-refractivity contribution < 1.29 is 0 Å². The highest BCUT2D eigenvalue weighted by molar-refractivity contribution is 5.86. The van der Waals surface area contributed by atoms with E-state index in [1.54, 1.807) is 0 Å². The van der Waals surface area contributed by atoms with Crippen LogP contribution in [0.3, 0.4) is 0 Å². The fourth-order valence-electron chi connectivity index (χ4n) is 3.61. The van der Waals surface area contributed by atoms with Gasteiger partial charge >= 0.3 is 0 Å².